The van der Waals surface area contributed by atoms with Crippen molar-refractivity contribution in [3.8, 4) is 0 Å². The molecule has 2 unspecified atom stereocenters. The van der Waals surface area contributed by atoms with Crippen molar-refractivity contribution in [2.75, 3.05) is 45.7 Å². The van der Waals surface area contributed by atoms with Crippen LogP contribution < -0.4 is 5.32 Å². The molecule has 0 spiro atoms. The largest absolute Gasteiger partial charge is 0.471 e. The molecular weight excluding hydrogens is 586 g/mol. The maximum absolute atomic E-state index is 13.3. The van der Waals surface area contributed by atoms with Crippen LogP contribution in [0, 0.1) is 0 Å². The highest BCUT2D eigenvalue weighted by Gasteiger charge is 2.52. The van der Waals surface area contributed by atoms with Crippen LogP contribution in [0.1, 0.15) is 47.0 Å². The van der Waals surface area contributed by atoms with E-state index in [-0.39, 0.29) is 44.0 Å². The van der Waals surface area contributed by atoms with E-state index in [0.717, 1.165) is 0 Å². The normalized spacial score (nSPS) is 15.3. The van der Waals surface area contributed by atoms with Crippen molar-refractivity contribution >= 4 is 27.9 Å². The Kier molecular flexibility index (Phi) is 16.2. The smallest absolute Gasteiger partial charge is 0.348 e. The minimum absolute atomic E-state index is 0.102. The van der Waals surface area contributed by atoms with Gasteiger partial charge in [-0.3, -0.25) is 28.5 Å². The molecule has 2 amide bonds. The second-order valence-electron chi connectivity index (χ2n) is 8.14. The zero-order valence-corrected chi connectivity index (χ0v) is 23.8. The van der Waals surface area contributed by atoms with Crippen molar-refractivity contribution in [2.45, 2.75) is 71.1 Å². The van der Waals surface area contributed by atoms with Gasteiger partial charge in [-0.2, -0.15) is 26.3 Å². The van der Waals surface area contributed by atoms with Crippen LogP contribution in [0.3, 0.4) is 0 Å². The van der Waals surface area contributed by atoms with Crippen molar-refractivity contribution < 1.29 is 64.0 Å². The molecule has 0 aliphatic rings. The van der Waals surface area contributed by atoms with Gasteiger partial charge in [-0.25, -0.2) is 0 Å². The first kappa shape index (κ1) is 37.6. The average molecular weight is 621 g/mol. The second kappa shape index (κ2) is 16.8. The zero-order chi connectivity index (χ0) is 30.5. The number of hydrogen-bond acceptors (Lipinski definition) is 8. The first-order chi connectivity index (χ1) is 17.9. The monoisotopic (exact) mass is 621 g/mol. The van der Waals surface area contributed by atoms with Crippen LogP contribution >= 0.6 is 16.1 Å². The van der Waals surface area contributed by atoms with E-state index in [1.165, 1.54) is 25.7 Å². The summed E-state index contributed by atoms with van der Waals surface area (Å²) in [5, 5.41) is 1.64. The molecule has 0 rings (SSSR count). The highest BCUT2D eigenvalue weighted by molar-refractivity contribution is 7.52. The quantitative estimate of drug-likeness (QED) is 0.0948. The summed E-state index contributed by atoms with van der Waals surface area (Å²) < 4.78 is 117. The molecule has 0 aliphatic carbocycles. The van der Waals surface area contributed by atoms with Crippen LogP contribution in [0.2, 0.25) is 0 Å². The van der Waals surface area contributed by atoms with Gasteiger partial charge in [0.2, 0.25) is 8.46 Å². The van der Waals surface area contributed by atoms with E-state index < -0.39 is 71.4 Å². The van der Waals surface area contributed by atoms with Crippen molar-refractivity contribution in [1.82, 2.24) is 15.1 Å². The molecule has 11 nitrogen and oxygen atoms in total. The highest BCUT2D eigenvalue weighted by Crippen LogP contribution is 2.44. The summed E-state index contributed by atoms with van der Waals surface area (Å²) in [4.78, 5) is 34.7. The van der Waals surface area contributed by atoms with Crippen LogP contribution in [0.15, 0.2) is 0 Å². The predicted octanol–water partition coefficient (Wildman–Crippen LogP) is 4.07. The third kappa shape index (κ3) is 13.7. The Morgan fingerprint density at radius 1 is 0.974 bits per heavy atom. The molecule has 0 aromatic heterocycles. The second-order valence-corrected chi connectivity index (χ2v) is 10.7. The Balaban J connectivity index is 5.73. The van der Waals surface area contributed by atoms with Crippen LogP contribution in [0.25, 0.3) is 0 Å². The lowest BCUT2D eigenvalue weighted by molar-refractivity contribution is -0.265. The lowest BCUT2D eigenvalue weighted by atomic mass is 10.3. The number of hydrogen-bond donors (Lipinski definition) is 2. The van der Waals surface area contributed by atoms with Crippen LogP contribution in [-0.4, -0.2) is 96.3 Å². The Morgan fingerprint density at radius 3 is 1.95 bits per heavy atom. The molecule has 19 heteroatoms. The van der Waals surface area contributed by atoms with E-state index >= 15 is 0 Å². The summed E-state index contributed by atoms with van der Waals surface area (Å²) in [5.74, 6) is -4.58. The molecule has 2 atom stereocenters. The molecule has 230 valence electrons. The van der Waals surface area contributed by atoms with Crippen molar-refractivity contribution in [1.29, 1.82) is 0 Å². The number of alkyl halides is 6. The van der Waals surface area contributed by atoms with Crippen LogP contribution in [0.5, 0.6) is 0 Å². The fraction of sp³-hybridized carbons (Fsp3) is 0.900. The minimum Gasteiger partial charge on any atom is -0.348 e. The molecule has 0 aromatic rings. The minimum atomic E-state index is -5.38. The van der Waals surface area contributed by atoms with Crippen molar-refractivity contribution in [3.05, 3.63) is 0 Å². The fourth-order valence-electron chi connectivity index (χ4n) is 3.15. The van der Waals surface area contributed by atoms with Gasteiger partial charge in [0.25, 0.3) is 0 Å². The van der Waals surface area contributed by atoms with Gasteiger partial charge in [0.1, 0.15) is 6.29 Å². The zero-order valence-electron chi connectivity index (χ0n) is 22.0. The number of ether oxygens (including phenoxy) is 2. The average Bonchev–Trinajstić information content (AvgIpc) is 2.81. The third-order valence-corrected chi connectivity index (χ3v) is 7.13. The van der Waals surface area contributed by atoms with E-state index in [2.05, 4.69) is 0 Å². The summed E-state index contributed by atoms with van der Waals surface area (Å²) in [6.07, 6.45) is -11.8. The van der Waals surface area contributed by atoms with E-state index in [1.54, 1.807) is 12.2 Å². The fourth-order valence-corrected chi connectivity index (χ4v) is 5.37. The number of carbonyl (C=O) groups excluding carboxylic acids is 2. The molecule has 0 saturated heterocycles. The van der Waals surface area contributed by atoms with Gasteiger partial charge >= 0.3 is 37.4 Å². The Labute approximate surface area is 224 Å². The molecule has 0 aromatic carbocycles. The van der Waals surface area contributed by atoms with Crippen LogP contribution in [-0.2, 0) is 32.7 Å². The van der Waals surface area contributed by atoms with Gasteiger partial charge in [0.15, 0.2) is 0 Å². The number of halogens is 6. The molecule has 2 N–H and O–H groups in total. The van der Waals surface area contributed by atoms with E-state index in [9.17, 15) is 50.0 Å². The molecule has 0 bridgehead atoms. The molecule has 0 radical (unpaired) electrons. The predicted molar refractivity (Wildman–Crippen MR) is 127 cm³/mol. The molecule has 39 heavy (non-hydrogen) atoms. The summed E-state index contributed by atoms with van der Waals surface area (Å²) in [6, 6.07) is 0. The first-order valence-electron chi connectivity index (χ1n) is 12.0. The van der Waals surface area contributed by atoms with Gasteiger partial charge < -0.3 is 24.2 Å². The number of carbonyl (C=O) groups is 2. The summed E-state index contributed by atoms with van der Waals surface area (Å²) in [5.41, 5.74) is -2.59. The van der Waals surface area contributed by atoms with Gasteiger partial charge in [0, 0.05) is 39.4 Å². The van der Waals surface area contributed by atoms with Gasteiger partial charge in [0.05, 0.1) is 6.10 Å². The Morgan fingerprint density at radius 2 is 1.51 bits per heavy atom. The Bertz CT molecular complexity index is 828. The van der Waals surface area contributed by atoms with Gasteiger partial charge in [-0.15, -0.1) is 0 Å². The Hall–Kier alpha value is -1.35. The number of rotatable bonds is 19. The van der Waals surface area contributed by atoms with E-state index in [0.29, 0.717) is 6.42 Å². The van der Waals surface area contributed by atoms with Crippen LogP contribution in [0.4, 0.5) is 26.3 Å². The summed E-state index contributed by atoms with van der Waals surface area (Å²) in [6.45, 7) is 3.85. The first-order valence-corrected chi connectivity index (χ1v) is 14.5. The number of nitrogens with zero attached hydrogens (tertiary/aromatic N) is 2. The van der Waals surface area contributed by atoms with Crippen molar-refractivity contribution in [2.24, 2.45) is 0 Å². The van der Waals surface area contributed by atoms with Crippen molar-refractivity contribution in [3.63, 3.8) is 0 Å². The lowest BCUT2D eigenvalue weighted by Crippen LogP contribution is -2.56. The van der Waals surface area contributed by atoms with E-state index in [4.69, 9.17) is 14.0 Å². The lowest BCUT2D eigenvalue weighted by Gasteiger charge is -2.38. The van der Waals surface area contributed by atoms with E-state index in [1.807, 2.05) is 0 Å². The maximum atomic E-state index is 13.3. The topological polar surface area (TPSA) is 135 Å². The standard InChI is InChI=1S/C20H35F6N3O8P2/c1-5-15(4)37-39(33,34)14-28(11-8-10-27-16(30)18(21,22)23)12-9-13-29(17(31)19(24,25)26)20(38-32,35-6-2)36-7-3/h15H,5-14H2,1-4H3,(H,27,30)(H,33,34). The molecule has 0 fully saturated rings. The van der Waals surface area contributed by atoms with Gasteiger partial charge in [-0.05, 0) is 40.0 Å². The number of nitrogens with one attached hydrogen (secondary N) is 1. The molecule has 0 heterocycles. The number of amides is 2. The molecular formula is C20H35F6N3O8P2. The summed E-state index contributed by atoms with van der Waals surface area (Å²) in [7, 11) is -5.38. The maximum Gasteiger partial charge on any atom is 0.471 e. The summed E-state index contributed by atoms with van der Waals surface area (Å²) >= 11 is 0. The molecule has 0 aliphatic heterocycles. The highest BCUT2D eigenvalue weighted by atomic mass is 31.2. The molecule has 0 saturated carbocycles. The SMILES string of the molecule is CCOC(OCC)(P=O)N(CCCN(CCCNC(=O)C(F)(F)F)CP(=O)(O)OC(C)CC)C(=O)C(F)(F)F. The van der Waals surface area contributed by atoms with Gasteiger partial charge in [-0.1, -0.05) is 6.92 Å². The third-order valence-electron chi connectivity index (χ3n) is 4.96.